The molecule has 1 aromatic rings. The van der Waals surface area contributed by atoms with Crippen LogP contribution in [0.1, 0.15) is 38.1 Å². The third kappa shape index (κ3) is 7.73. The molecule has 0 aliphatic rings. The fourth-order valence-electron chi connectivity index (χ4n) is 0.855. The summed E-state index contributed by atoms with van der Waals surface area (Å²) in [5.74, 6) is -0.995. The van der Waals surface area contributed by atoms with E-state index in [1.54, 1.807) is 39.8 Å². The van der Waals surface area contributed by atoms with Gasteiger partial charge in [0.15, 0.2) is 0 Å². The van der Waals surface area contributed by atoms with E-state index in [-0.39, 0.29) is 5.97 Å². The van der Waals surface area contributed by atoms with Crippen LogP contribution in [0.4, 0.5) is 0 Å². The van der Waals surface area contributed by atoms with Crippen LogP contribution in [0, 0.1) is 5.41 Å². The monoisotopic (exact) mass is 315 g/mol. The van der Waals surface area contributed by atoms with Crippen molar-refractivity contribution in [1.29, 1.82) is 0 Å². The summed E-state index contributed by atoms with van der Waals surface area (Å²) in [6.07, 6.45) is 0. The maximum absolute atomic E-state index is 11.1. The van der Waals surface area contributed by atoms with E-state index in [4.69, 9.17) is 9.84 Å². The number of rotatable bonds is 2. The average molecular weight is 317 g/mol. The van der Waals surface area contributed by atoms with Gasteiger partial charge >= 0.3 is 87.3 Å². The number of aliphatic carboxylic acids is 1. The first kappa shape index (κ1) is 17.8. The van der Waals surface area contributed by atoms with Gasteiger partial charge < -0.3 is 5.11 Å². The van der Waals surface area contributed by atoms with E-state index in [0.29, 0.717) is 12.2 Å². The van der Waals surface area contributed by atoms with Crippen molar-refractivity contribution in [2.45, 2.75) is 27.7 Å². The van der Waals surface area contributed by atoms with Gasteiger partial charge in [-0.15, -0.1) is 0 Å². The van der Waals surface area contributed by atoms with Crippen LogP contribution >= 0.6 is 0 Å². The summed E-state index contributed by atoms with van der Waals surface area (Å²) in [7, 11) is 0. The van der Waals surface area contributed by atoms with E-state index in [2.05, 4.69) is 0 Å². The molecular weight excluding hydrogens is 298 g/mol. The number of carboxylic acid groups (broad SMARTS) is 1. The van der Waals surface area contributed by atoms with E-state index >= 15 is 0 Å². The molecule has 0 spiro atoms. The normalized spacial score (nSPS) is 10.2. The van der Waals surface area contributed by atoms with Gasteiger partial charge in [-0.05, 0) is 20.8 Å². The van der Waals surface area contributed by atoms with Gasteiger partial charge in [-0.2, -0.15) is 0 Å². The van der Waals surface area contributed by atoms with Crippen molar-refractivity contribution in [3.05, 3.63) is 29.8 Å². The first-order valence-electron chi connectivity index (χ1n) is 6.01. The first-order valence-corrected chi connectivity index (χ1v) is 7.49. The fraction of sp³-hybridized carbons (Fsp3) is 0.429. The van der Waals surface area contributed by atoms with Gasteiger partial charge in [0.25, 0.3) is 0 Å². The van der Waals surface area contributed by atoms with E-state index < -0.39 is 11.4 Å². The Bertz CT molecular complexity index is 418. The third-order valence-corrected chi connectivity index (χ3v) is 3.10. The van der Waals surface area contributed by atoms with Gasteiger partial charge in [-0.1, -0.05) is 0 Å². The Morgan fingerprint density at radius 2 is 1.63 bits per heavy atom. The average Bonchev–Trinajstić information content (AvgIpc) is 2.29. The van der Waals surface area contributed by atoms with Crippen molar-refractivity contribution >= 4 is 16.1 Å². The van der Waals surface area contributed by atoms with Crippen LogP contribution in [0.15, 0.2) is 24.3 Å². The van der Waals surface area contributed by atoms with Crippen LogP contribution in [0.25, 0.3) is 0 Å². The molecule has 19 heavy (non-hydrogen) atoms. The number of hydrogen-bond donors (Lipinski definition) is 1. The number of carbonyl (C=O) groups excluding carboxylic acids is 1. The molecule has 0 amide bonds. The molecule has 0 aliphatic carbocycles. The molecule has 0 bridgehead atoms. The van der Waals surface area contributed by atoms with Gasteiger partial charge in [0, 0.05) is 0 Å². The van der Waals surface area contributed by atoms with Gasteiger partial charge in [-0.3, -0.25) is 4.79 Å². The first-order chi connectivity index (χ1) is 8.68. The Labute approximate surface area is 123 Å². The number of hydrogen-bond acceptors (Lipinski definition) is 3. The van der Waals surface area contributed by atoms with Gasteiger partial charge in [0.2, 0.25) is 0 Å². The predicted molar refractivity (Wildman–Crippen MR) is 69.1 cm³/mol. The second kappa shape index (κ2) is 8.05. The van der Waals surface area contributed by atoms with Gasteiger partial charge in [0.1, 0.15) is 0 Å². The molecule has 0 heterocycles. The number of carbonyl (C=O) groups is 2. The minimum atomic E-state index is -0.757. The molecule has 1 N–H and O–H groups in total. The zero-order valence-corrected chi connectivity index (χ0v) is 14.9. The van der Waals surface area contributed by atoms with Crippen LogP contribution in [0.2, 0.25) is 0 Å². The minimum absolute atomic E-state index is 0.238. The Morgan fingerprint density at radius 1 is 1.21 bits per heavy atom. The van der Waals surface area contributed by atoms with Crippen LogP contribution in [0.5, 0.6) is 0 Å². The van der Waals surface area contributed by atoms with E-state index in [1.807, 2.05) is 12.1 Å². The molecule has 0 unspecified atom stereocenters. The van der Waals surface area contributed by atoms with Gasteiger partial charge in [-0.25, -0.2) is 0 Å². The summed E-state index contributed by atoms with van der Waals surface area (Å²) in [5.41, 5.74) is 0.0500. The molecule has 0 aromatic heterocycles. The number of ether oxygens (including phenoxy) is 1. The number of benzene rings is 1. The summed E-state index contributed by atoms with van der Waals surface area (Å²) in [6, 6.07) is 7.51. The summed E-state index contributed by atoms with van der Waals surface area (Å²) < 4.78 is 6.11. The van der Waals surface area contributed by atoms with Crippen LogP contribution in [-0.2, 0) is 27.8 Å². The Balaban J connectivity index is 0.000000399. The molecule has 1 aromatic carbocycles. The molecule has 101 valence electrons. The molecule has 4 nitrogen and oxygen atoms in total. The molecule has 0 saturated carbocycles. The molecule has 5 heteroatoms. The summed E-state index contributed by atoms with van der Waals surface area (Å²) in [6.45, 7) is 7.22. The van der Waals surface area contributed by atoms with Crippen LogP contribution in [0.3, 0.4) is 0 Å². The molecule has 0 radical (unpaired) electrons. The summed E-state index contributed by atoms with van der Waals surface area (Å²) in [4.78, 5) is 21.2. The van der Waals surface area contributed by atoms with Crippen molar-refractivity contribution in [1.82, 2.24) is 0 Å². The van der Waals surface area contributed by atoms with Crippen molar-refractivity contribution in [2.75, 3.05) is 6.61 Å². The molecule has 0 saturated heterocycles. The molecule has 0 aliphatic heterocycles. The van der Waals surface area contributed by atoms with Gasteiger partial charge in [0.05, 0.1) is 5.41 Å². The predicted octanol–water partition coefficient (Wildman–Crippen LogP) is 2.15. The SMILES string of the molecule is CC(C)(C)C(=O)O.CCOC(=O)c1cc[c]([Zn])cc1. The van der Waals surface area contributed by atoms with E-state index in [9.17, 15) is 9.59 Å². The zero-order chi connectivity index (χ0) is 15.1. The van der Waals surface area contributed by atoms with E-state index in [1.165, 1.54) is 4.16 Å². The molecule has 0 atom stereocenters. The number of carboxylic acids is 1. The number of esters is 1. The summed E-state index contributed by atoms with van der Waals surface area (Å²) >= 11 is 1.11. The quantitative estimate of drug-likeness (QED) is 0.671. The van der Waals surface area contributed by atoms with Crippen molar-refractivity contribution in [3.8, 4) is 0 Å². The van der Waals surface area contributed by atoms with Crippen LogP contribution < -0.4 is 4.16 Å². The Kier molecular flexibility index (Phi) is 7.54. The maximum atomic E-state index is 11.1. The summed E-state index contributed by atoms with van der Waals surface area (Å²) in [5, 5.41) is 8.25. The van der Waals surface area contributed by atoms with Crippen molar-refractivity contribution in [2.24, 2.45) is 5.41 Å². The Morgan fingerprint density at radius 3 is 1.95 bits per heavy atom. The fourth-order valence-corrected chi connectivity index (χ4v) is 1.35. The second-order valence-corrected chi connectivity index (χ2v) is 6.69. The molecule has 0 fully saturated rings. The van der Waals surface area contributed by atoms with E-state index in [0.717, 1.165) is 18.3 Å². The second-order valence-electron chi connectivity index (χ2n) is 4.97. The topological polar surface area (TPSA) is 63.6 Å². The molecule has 1 rings (SSSR count). The van der Waals surface area contributed by atoms with Crippen molar-refractivity contribution < 1.29 is 37.7 Å². The molecular formula is C14H19O4Zn. The third-order valence-electron chi connectivity index (χ3n) is 2.11. The van der Waals surface area contributed by atoms with Crippen molar-refractivity contribution in [3.63, 3.8) is 0 Å². The standard InChI is InChI=1S/C9H9O2.C5H10O2.Zn/c1-2-11-9(10)8-6-4-3-5-7-8;1-5(2,3)4(6)7;/h4-7H,2H2,1H3;1-3H3,(H,6,7);. The zero-order valence-electron chi connectivity index (χ0n) is 11.9. The van der Waals surface area contributed by atoms with Crippen LogP contribution in [-0.4, -0.2) is 23.7 Å². The Hall–Kier alpha value is -1.22.